The van der Waals surface area contributed by atoms with E-state index in [4.69, 9.17) is 4.74 Å². The van der Waals surface area contributed by atoms with Crippen LogP contribution in [0.5, 0.6) is 17.2 Å². The Morgan fingerprint density at radius 3 is 2.51 bits per heavy atom. The number of imidazole rings is 1. The molecule has 4 N–H and O–H groups in total. The minimum absolute atomic E-state index is 0.0204. The molecule has 1 unspecified atom stereocenters. The summed E-state index contributed by atoms with van der Waals surface area (Å²) in [5, 5.41) is 15.7. The maximum Gasteiger partial charge on any atom is 0.329 e. The van der Waals surface area contributed by atoms with E-state index in [9.17, 15) is 37.5 Å². The van der Waals surface area contributed by atoms with Crippen molar-refractivity contribution in [2.24, 2.45) is 7.05 Å². The lowest BCUT2D eigenvalue weighted by atomic mass is 10.1. The quantitative estimate of drug-likeness (QED) is 0.183. The van der Waals surface area contributed by atoms with Crippen molar-refractivity contribution >= 4 is 67.0 Å². The smallest absolute Gasteiger partial charge is 0.329 e. The molecular formula is C34H29FN6O9S. The van der Waals surface area contributed by atoms with Gasteiger partial charge in [0.05, 0.1) is 17.5 Å². The van der Waals surface area contributed by atoms with Gasteiger partial charge in [-0.1, -0.05) is 12.1 Å². The first-order chi connectivity index (χ1) is 24.2. The fourth-order valence-corrected chi connectivity index (χ4v) is 7.55. The van der Waals surface area contributed by atoms with Crippen LogP contribution in [0.1, 0.15) is 30.0 Å². The second kappa shape index (κ2) is 12.3. The van der Waals surface area contributed by atoms with Crippen LogP contribution in [0.4, 0.5) is 15.8 Å². The molecule has 0 radical (unpaired) electrons. The van der Waals surface area contributed by atoms with E-state index in [1.54, 1.807) is 48.2 Å². The molecule has 5 aromatic rings. The lowest BCUT2D eigenvalue weighted by Crippen LogP contribution is -2.44. The van der Waals surface area contributed by atoms with Crippen LogP contribution >= 0.6 is 0 Å². The first kappa shape index (κ1) is 33.3. The number of carbonyl (C=O) groups excluding carboxylic acids is 4. The van der Waals surface area contributed by atoms with Crippen molar-refractivity contribution < 1.29 is 41.8 Å². The number of fused-ring (bicyclic) bond motifs is 2. The van der Waals surface area contributed by atoms with Crippen LogP contribution in [0.2, 0.25) is 0 Å². The summed E-state index contributed by atoms with van der Waals surface area (Å²) in [4.78, 5) is 61.8. The number of nitrogens with zero attached hydrogens (tertiary/aromatic N) is 3. The first-order valence-corrected chi connectivity index (χ1v) is 17.0. The monoisotopic (exact) mass is 716 g/mol. The number of rotatable bonds is 7. The third-order valence-corrected chi connectivity index (χ3v) is 10.2. The molecule has 4 amide bonds. The van der Waals surface area contributed by atoms with Crippen molar-refractivity contribution in [3.8, 4) is 17.2 Å². The zero-order valence-corrected chi connectivity index (χ0v) is 27.8. The fourth-order valence-electron chi connectivity index (χ4n) is 6.39. The molecule has 0 bridgehead atoms. The molecule has 7 rings (SSSR count). The highest BCUT2D eigenvalue weighted by Gasteiger charge is 2.38. The second-order valence-electron chi connectivity index (χ2n) is 12.3. The van der Waals surface area contributed by atoms with Gasteiger partial charge in [0.25, 0.3) is 5.91 Å². The molecular weight excluding hydrogens is 687 g/mol. The molecule has 1 atom stereocenters. The summed E-state index contributed by atoms with van der Waals surface area (Å²) < 4.78 is 50.9. The van der Waals surface area contributed by atoms with Gasteiger partial charge in [-0.3, -0.25) is 33.6 Å². The van der Waals surface area contributed by atoms with Crippen LogP contribution in [0, 0.1) is 12.7 Å². The van der Waals surface area contributed by atoms with Gasteiger partial charge < -0.3 is 15.2 Å². The number of phenols is 1. The number of carbonyl (C=O) groups is 4. The molecule has 2 saturated heterocycles. The van der Waals surface area contributed by atoms with Gasteiger partial charge in [-0.25, -0.2) is 18.2 Å². The van der Waals surface area contributed by atoms with E-state index in [0.29, 0.717) is 38.1 Å². The highest BCUT2D eigenvalue weighted by molar-refractivity contribution is 7.92. The van der Waals surface area contributed by atoms with Crippen LogP contribution in [0.3, 0.4) is 0 Å². The molecule has 0 saturated carbocycles. The van der Waals surface area contributed by atoms with Crippen LogP contribution in [0.15, 0.2) is 65.5 Å². The Balaban J connectivity index is 1.05. The van der Waals surface area contributed by atoms with Crippen LogP contribution in [-0.4, -0.2) is 52.8 Å². The third-order valence-electron chi connectivity index (χ3n) is 8.80. The zero-order chi connectivity index (χ0) is 36.4. The molecule has 262 valence electrons. The van der Waals surface area contributed by atoms with E-state index in [2.05, 4.69) is 10.6 Å². The number of anilines is 2. The predicted octanol–water partition coefficient (Wildman–Crippen LogP) is 2.78. The number of hydrogen-bond donors (Lipinski definition) is 4. The lowest BCUT2D eigenvalue weighted by Gasteiger charge is -2.21. The number of piperidine rings is 1. The molecule has 2 aliphatic rings. The van der Waals surface area contributed by atoms with Gasteiger partial charge in [-0.05, 0) is 72.3 Å². The van der Waals surface area contributed by atoms with E-state index >= 15 is 4.39 Å². The molecule has 0 aliphatic carbocycles. The standard InChI is InChI=1S/C34H29FN6O9S/c1-17-11-18(3-9-27(17)50-21-5-7-23-25(15-21)39(2)34(47)41(23)24-8-10-28(43)37-33(24)46)12-29(44)36-20-4-6-22-19(13-20)14-26(42)32(31(22)35)40-16-30(45)38-51(40,48)49/h3-7,9,11,13-15,24,42H,8,10,12,16H2,1-2H3,(H,36,44)(H,38,45)(H,37,43,46). The number of halogens is 1. The molecule has 51 heavy (non-hydrogen) atoms. The van der Waals surface area contributed by atoms with E-state index < -0.39 is 57.6 Å². The minimum atomic E-state index is -4.36. The second-order valence-corrected chi connectivity index (χ2v) is 13.9. The van der Waals surface area contributed by atoms with Gasteiger partial charge in [0, 0.05) is 30.6 Å². The summed E-state index contributed by atoms with van der Waals surface area (Å²) in [7, 11) is -2.77. The summed E-state index contributed by atoms with van der Waals surface area (Å²) >= 11 is 0. The Labute approximate surface area is 288 Å². The normalized spacial score (nSPS) is 17.1. The van der Waals surface area contributed by atoms with Gasteiger partial charge in [0.1, 0.15) is 35.5 Å². The summed E-state index contributed by atoms with van der Waals surface area (Å²) in [6.45, 7) is 1.13. The number of aryl methyl sites for hydroxylation is 2. The molecule has 15 nitrogen and oxygen atoms in total. The molecule has 3 heterocycles. The van der Waals surface area contributed by atoms with Gasteiger partial charge in [0.2, 0.25) is 17.7 Å². The van der Waals surface area contributed by atoms with Crippen molar-refractivity contribution in [1.29, 1.82) is 0 Å². The molecule has 17 heteroatoms. The lowest BCUT2D eigenvalue weighted by molar-refractivity contribution is -0.135. The van der Waals surface area contributed by atoms with Crippen molar-refractivity contribution in [3.05, 3.63) is 88.1 Å². The molecule has 4 aromatic carbocycles. The highest BCUT2D eigenvalue weighted by atomic mass is 32.2. The highest BCUT2D eigenvalue weighted by Crippen LogP contribution is 2.39. The maximum atomic E-state index is 15.4. The van der Waals surface area contributed by atoms with Gasteiger partial charge >= 0.3 is 15.9 Å². The van der Waals surface area contributed by atoms with Crippen LogP contribution in [-0.2, 0) is 42.9 Å². The first-order valence-electron chi connectivity index (χ1n) is 15.6. The number of phenolic OH excluding ortho intramolecular Hbond substituents is 1. The zero-order valence-electron chi connectivity index (χ0n) is 27.0. The van der Waals surface area contributed by atoms with Crippen molar-refractivity contribution in [1.82, 2.24) is 19.2 Å². The fraction of sp³-hybridized carbons (Fsp3) is 0.206. The third kappa shape index (κ3) is 6.01. The van der Waals surface area contributed by atoms with Crippen molar-refractivity contribution in [3.63, 3.8) is 0 Å². The predicted molar refractivity (Wildman–Crippen MR) is 182 cm³/mol. The Morgan fingerprint density at radius 1 is 1.02 bits per heavy atom. The SMILES string of the molecule is Cc1cc(CC(=O)Nc2ccc3c(F)c(N4CC(=O)NS4(=O)=O)c(O)cc3c2)ccc1Oc1ccc2c(c1)n(C)c(=O)n2C1CCC(=O)NC1=O. The Morgan fingerprint density at radius 2 is 1.80 bits per heavy atom. The number of aromatic hydroxyl groups is 1. The number of imide groups is 1. The average molecular weight is 717 g/mol. The van der Waals surface area contributed by atoms with Gasteiger partial charge in [-0.15, -0.1) is 0 Å². The minimum Gasteiger partial charge on any atom is -0.506 e. The Hall–Kier alpha value is -6.23. The number of benzene rings is 4. The largest absolute Gasteiger partial charge is 0.506 e. The number of nitrogens with one attached hydrogen (secondary N) is 3. The van der Waals surface area contributed by atoms with Crippen molar-refractivity contribution in [2.45, 2.75) is 32.2 Å². The maximum absolute atomic E-state index is 15.4. The summed E-state index contributed by atoms with van der Waals surface area (Å²) in [6.07, 6.45) is 0.332. The van der Waals surface area contributed by atoms with Gasteiger partial charge in [0.15, 0.2) is 5.82 Å². The number of aromatic nitrogens is 2. The van der Waals surface area contributed by atoms with E-state index in [1.807, 2.05) is 6.92 Å². The van der Waals surface area contributed by atoms with E-state index in [0.717, 1.165) is 11.6 Å². The van der Waals surface area contributed by atoms with E-state index in [-0.39, 0.29) is 41.8 Å². The average Bonchev–Trinajstić information content (AvgIpc) is 3.47. The summed E-state index contributed by atoms with van der Waals surface area (Å²) in [5.41, 5.74) is 1.69. The number of ether oxygens (including phenoxy) is 1. The summed E-state index contributed by atoms with van der Waals surface area (Å²) in [6, 6.07) is 14.8. The topological polar surface area (TPSA) is 198 Å². The molecule has 2 fully saturated rings. The summed E-state index contributed by atoms with van der Waals surface area (Å²) in [5.74, 6) is -2.95. The molecule has 2 aliphatic heterocycles. The van der Waals surface area contributed by atoms with E-state index in [1.165, 1.54) is 27.3 Å². The Kier molecular flexibility index (Phi) is 8.01. The Bertz CT molecular complexity index is 2530. The van der Waals surface area contributed by atoms with Gasteiger partial charge in [-0.2, -0.15) is 8.42 Å². The number of amides is 4. The van der Waals surface area contributed by atoms with Crippen molar-refractivity contribution in [2.75, 3.05) is 16.2 Å². The van der Waals surface area contributed by atoms with Crippen LogP contribution < -0.4 is 30.1 Å². The number of hydrogen-bond acceptors (Lipinski definition) is 9. The molecule has 1 aromatic heterocycles. The van der Waals surface area contributed by atoms with Crippen LogP contribution in [0.25, 0.3) is 21.8 Å². The molecule has 0 spiro atoms.